The number of aromatic nitrogens is 2. The van der Waals surface area contributed by atoms with Gasteiger partial charge in [-0.25, -0.2) is 0 Å². The monoisotopic (exact) mass is 334 g/mol. The number of hydrogen-bond acceptors (Lipinski definition) is 5. The van der Waals surface area contributed by atoms with Gasteiger partial charge in [-0.05, 0) is 53.2 Å². The number of nitrogens with zero attached hydrogens (tertiary/aromatic N) is 4. The Labute approximate surface area is 147 Å². The van der Waals surface area contributed by atoms with Gasteiger partial charge in [0, 0.05) is 38.3 Å². The second kappa shape index (κ2) is 7.89. The Kier molecular flexibility index (Phi) is 6.34. The zero-order chi connectivity index (χ0) is 17.8. The molecule has 1 aromatic rings. The molecular weight excluding hydrogens is 300 g/mol. The highest BCUT2D eigenvalue weighted by molar-refractivity contribution is 5.06. The quantitative estimate of drug-likeness (QED) is 0.799. The number of piperazine rings is 1. The molecule has 2 heterocycles. The molecule has 1 aromatic heterocycles. The van der Waals surface area contributed by atoms with E-state index in [1.165, 1.54) is 6.42 Å². The van der Waals surface area contributed by atoms with Crippen LogP contribution in [0.3, 0.4) is 0 Å². The first-order chi connectivity index (χ1) is 11.2. The van der Waals surface area contributed by atoms with Gasteiger partial charge in [-0.2, -0.15) is 10.2 Å². The fourth-order valence-electron chi connectivity index (χ4n) is 2.80. The van der Waals surface area contributed by atoms with Crippen LogP contribution in [-0.4, -0.2) is 57.3 Å². The van der Waals surface area contributed by atoms with Crippen molar-refractivity contribution in [3.8, 4) is 0 Å². The summed E-state index contributed by atoms with van der Waals surface area (Å²) in [5.41, 5.74) is 2.09. The van der Waals surface area contributed by atoms with Gasteiger partial charge in [0.1, 0.15) is 0 Å². The minimum absolute atomic E-state index is 0.147. The summed E-state index contributed by atoms with van der Waals surface area (Å²) >= 11 is 0. The maximum atomic E-state index is 5.74. The summed E-state index contributed by atoms with van der Waals surface area (Å²) < 4.78 is 5.74. The number of rotatable bonds is 6. The van der Waals surface area contributed by atoms with Crippen LogP contribution in [0.15, 0.2) is 12.1 Å². The maximum Gasteiger partial charge on any atom is 0.0913 e. The van der Waals surface area contributed by atoms with Gasteiger partial charge in [-0.15, -0.1) is 0 Å². The Morgan fingerprint density at radius 2 is 1.54 bits per heavy atom. The van der Waals surface area contributed by atoms with Gasteiger partial charge in [0.15, 0.2) is 0 Å². The third-order valence-corrected chi connectivity index (χ3v) is 4.91. The van der Waals surface area contributed by atoms with Crippen molar-refractivity contribution in [3.63, 3.8) is 0 Å². The Morgan fingerprint density at radius 3 is 2.04 bits per heavy atom. The molecule has 0 saturated carbocycles. The molecule has 0 unspecified atom stereocenters. The zero-order valence-electron chi connectivity index (χ0n) is 16.3. The van der Waals surface area contributed by atoms with Gasteiger partial charge in [0.05, 0.1) is 23.6 Å². The molecule has 136 valence electrons. The van der Waals surface area contributed by atoms with E-state index in [1.54, 1.807) is 0 Å². The van der Waals surface area contributed by atoms with Crippen molar-refractivity contribution in [2.24, 2.45) is 0 Å². The zero-order valence-corrected chi connectivity index (χ0v) is 16.3. The van der Waals surface area contributed by atoms with Crippen molar-refractivity contribution in [3.05, 3.63) is 23.5 Å². The molecule has 1 aliphatic heterocycles. The molecule has 5 nitrogen and oxygen atoms in total. The van der Waals surface area contributed by atoms with Crippen LogP contribution in [0.2, 0.25) is 0 Å². The van der Waals surface area contributed by atoms with E-state index in [4.69, 9.17) is 4.74 Å². The SMILES string of the molecule is CCC(C)(C)N1CCN(Cc2ccc(COC(C)(C)C)nn2)CC1. The molecule has 1 fully saturated rings. The Bertz CT molecular complexity index is 499. The molecule has 5 heteroatoms. The van der Waals surface area contributed by atoms with Crippen molar-refractivity contribution < 1.29 is 4.74 Å². The minimum Gasteiger partial charge on any atom is -0.370 e. The van der Waals surface area contributed by atoms with Gasteiger partial charge in [0.2, 0.25) is 0 Å². The lowest BCUT2D eigenvalue weighted by Gasteiger charge is -2.43. The maximum absolute atomic E-state index is 5.74. The molecule has 2 rings (SSSR count). The standard InChI is InChI=1S/C19H34N4O/c1-7-19(5,6)23-12-10-22(11-13-23)14-16-8-9-17(21-20-16)15-24-18(2,3)4/h8-9H,7,10-15H2,1-6H3. The molecule has 0 amide bonds. The van der Waals surface area contributed by atoms with Crippen LogP contribution in [0.4, 0.5) is 0 Å². The molecule has 0 atom stereocenters. The van der Waals surface area contributed by atoms with Crippen molar-refractivity contribution in [2.75, 3.05) is 26.2 Å². The molecule has 0 spiro atoms. The lowest BCUT2D eigenvalue weighted by Crippen LogP contribution is -2.54. The van der Waals surface area contributed by atoms with E-state index < -0.39 is 0 Å². The fourth-order valence-corrected chi connectivity index (χ4v) is 2.80. The number of hydrogen-bond donors (Lipinski definition) is 0. The molecule has 1 aliphatic rings. The largest absolute Gasteiger partial charge is 0.370 e. The van der Waals surface area contributed by atoms with Crippen LogP contribution < -0.4 is 0 Å². The Morgan fingerprint density at radius 1 is 0.958 bits per heavy atom. The molecule has 0 bridgehead atoms. The predicted octanol–water partition coefficient (Wildman–Crippen LogP) is 3.10. The van der Waals surface area contributed by atoms with Crippen molar-refractivity contribution >= 4 is 0 Å². The highest BCUT2D eigenvalue weighted by Crippen LogP contribution is 2.20. The van der Waals surface area contributed by atoms with E-state index >= 15 is 0 Å². The van der Waals surface area contributed by atoms with Crippen LogP contribution in [0.25, 0.3) is 0 Å². The topological polar surface area (TPSA) is 41.5 Å². The fraction of sp³-hybridized carbons (Fsp3) is 0.789. The molecular formula is C19H34N4O. The average Bonchev–Trinajstić information content (AvgIpc) is 2.54. The predicted molar refractivity (Wildman–Crippen MR) is 97.8 cm³/mol. The van der Waals surface area contributed by atoms with Gasteiger partial charge < -0.3 is 4.74 Å². The first-order valence-corrected chi connectivity index (χ1v) is 9.12. The highest BCUT2D eigenvalue weighted by atomic mass is 16.5. The van der Waals surface area contributed by atoms with E-state index in [2.05, 4.69) is 46.8 Å². The molecule has 0 radical (unpaired) electrons. The summed E-state index contributed by atoms with van der Waals surface area (Å²) in [7, 11) is 0. The summed E-state index contributed by atoms with van der Waals surface area (Å²) in [6.07, 6.45) is 1.19. The third kappa shape index (κ3) is 5.80. The van der Waals surface area contributed by atoms with Crippen LogP contribution in [0, 0.1) is 0 Å². The molecule has 1 saturated heterocycles. The molecule has 0 N–H and O–H groups in total. The van der Waals surface area contributed by atoms with Crippen molar-refractivity contribution in [2.45, 2.75) is 72.3 Å². The summed E-state index contributed by atoms with van der Waals surface area (Å²) in [5.74, 6) is 0. The molecule has 0 aromatic carbocycles. The van der Waals surface area contributed by atoms with Gasteiger partial charge in [-0.1, -0.05) is 6.92 Å². The van der Waals surface area contributed by atoms with E-state index in [9.17, 15) is 0 Å². The molecule has 24 heavy (non-hydrogen) atoms. The lowest BCUT2D eigenvalue weighted by molar-refractivity contribution is -0.0168. The second-order valence-electron chi connectivity index (χ2n) is 8.35. The summed E-state index contributed by atoms with van der Waals surface area (Å²) in [4.78, 5) is 5.07. The normalized spacial score (nSPS) is 18.1. The Balaban J connectivity index is 1.81. The summed E-state index contributed by atoms with van der Waals surface area (Å²) in [6, 6.07) is 4.11. The van der Waals surface area contributed by atoms with Crippen LogP contribution in [0.5, 0.6) is 0 Å². The summed E-state index contributed by atoms with van der Waals surface area (Å²) in [5, 5.41) is 8.67. The first kappa shape index (κ1) is 19.3. The smallest absolute Gasteiger partial charge is 0.0913 e. The van der Waals surface area contributed by atoms with E-state index in [1.807, 2.05) is 26.8 Å². The van der Waals surface area contributed by atoms with E-state index in [-0.39, 0.29) is 5.60 Å². The summed E-state index contributed by atoms with van der Waals surface area (Å²) in [6.45, 7) is 19.0. The van der Waals surface area contributed by atoms with Gasteiger partial charge in [0.25, 0.3) is 0 Å². The van der Waals surface area contributed by atoms with E-state index in [0.29, 0.717) is 12.1 Å². The van der Waals surface area contributed by atoms with Gasteiger partial charge in [-0.3, -0.25) is 9.80 Å². The number of ether oxygens (including phenoxy) is 1. The first-order valence-electron chi connectivity index (χ1n) is 9.12. The minimum atomic E-state index is -0.147. The van der Waals surface area contributed by atoms with Crippen LogP contribution in [0.1, 0.15) is 59.4 Å². The second-order valence-corrected chi connectivity index (χ2v) is 8.35. The highest BCUT2D eigenvalue weighted by Gasteiger charge is 2.28. The lowest BCUT2D eigenvalue weighted by atomic mass is 9.98. The average molecular weight is 335 g/mol. The molecule has 0 aliphatic carbocycles. The third-order valence-electron chi connectivity index (χ3n) is 4.91. The van der Waals surface area contributed by atoms with Crippen molar-refractivity contribution in [1.82, 2.24) is 20.0 Å². The van der Waals surface area contributed by atoms with Crippen LogP contribution >= 0.6 is 0 Å². The van der Waals surface area contributed by atoms with Crippen molar-refractivity contribution in [1.29, 1.82) is 0 Å². The van der Waals surface area contributed by atoms with E-state index in [0.717, 1.165) is 44.1 Å². The Hall–Kier alpha value is -1.04. The van der Waals surface area contributed by atoms with Crippen LogP contribution in [-0.2, 0) is 17.9 Å². The van der Waals surface area contributed by atoms with Gasteiger partial charge >= 0.3 is 0 Å².